The van der Waals surface area contributed by atoms with E-state index in [1.807, 2.05) is 44.2 Å². The fourth-order valence-corrected chi connectivity index (χ4v) is 2.34. The van der Waals surface area contributed by atoms with Crippen molar-refractivity contribution in [1.82, 2.24) is 24.6 Å². The van der Waals surface area contributed by atoms with Gasteiger partial charge in [0.1, 0.15) is 18.3 Å². The van der Waals surface area contributed by atoms with Crippen LogP contribution >= 0.6 is 0 Å². The summed E-state index contributed by atoms with van der Waals surface area (Å²) in [6.45, 7) is 3.68. The smallest absolute Gasteiger partial charge is 0.264 e. The minimum absolute atomic E-state index is 0.0238. The summed E-state index contributed by atoms with van der Waals surface area (Å²) >= 11 is 0. The molecule has 7 heteroatoms. The van der Waals surface area contributed by atoms with Crippen molar-refractivity contribution in [3.05, 3.63) is 53.2 Å². The number of fused-ring (bicyclic) bond motifs is 1. The maximum atomic E-state index is 12.5. The van der Waals surface area contributed by atoms with Gasteiger partial charge >= 0.3 is 0 Å². The summed E-state index contributed by atoms with van der Waals surface area (Å²) in [6, 6.07) is 9.48. The van der Waals surface area contributed by atoms with Crippen LogP contribution in [0.15, 0.2) is 47.7 Å². The van der Waals surface area contributed by atoms with Crippen LogP contribution in [0.3, 0.4) is 0 Å². The molecule has 1 N–H and O–H groups in total. The first-order valence-electron chi connectivity index (χ1n) is 7.34. The summed E-state index contributed by atoms with van der Waals surface area (Å²) in [7, 11) is 0. The van der Waals surface area contributed by atoms with Crippen molar-refractivity contribution in [2.45, 2.75) is 26.4 Å². The number of carbonyl (C=O) groups excluding carboxylic acids is 1. The van der Waals surface area contributed by atoms with Gasteiger partial charge in [0.25, 0.3) is 5.56 Å². The Morgan fingerprint density at radius 3 is 2.70 bits per heavy atom. The van der Waals surface area contributed by atoms with Crippen LogP contribution in [0.25, 0.3) is 16.7 Å². The van der Waals surface area contributed by atoms with Gasteiger partial charge < -0.3 is 5.32 Å². The third-order valence-electron chi connectivity index (χ3n) is 3.32. The molecule has 0 spiro atoms. The molecular formula is C16H17N5O2. The molecule has 2 heterocycles. The highest BCUT2D eigenvalue weighted by Crippen LogP contribution is 2.12. The molecule has 0 unspecified atom stereocenters. The highest BCUT2D eigenvalue weighted by molar-refractivity contribution is 5.78. The number of rotatable bonds is 4. The SMILES string of the molecule is CC(C)NC(=O)Cn1cnc2c(cnn2-c2ccccc2)c1=O. The summed E-state index contributed by atoms with van der Waals surface area (Å²) in [5.41, 5.74) is 1.02. The highest BCUT2D eigenvalue weighted by atomic mass is 16.2. The Labute approximate surface area is 132 Å². The monoisotopic (exact) mass is 311 g/mol. The number of nitrogens with one attached hydrogen (secondary N) is 1. The zero-order valence-electron chi connectivity index (χ0n) is 12.9. The second-order valence-electron chi connectivity index (χ2n) is 5.53. The summed E-state index contributed by atoms with van der Waals surface area (Å²) in [5, 5.41) is 7.37. The predicted molar refractivity (Wildman–Crippen MR) is 86.4 cm³/mol. The minimum Gasteiger partial charge on any atom is -0.352 e. The van der Waals surface area contributed by atoms with Gasteiger partial charge in [-0.25, -0.2) is 9.67 Å². The van der Waals surface area contributed by atoms with Crippen LogP contribution in [0.2, 0.25) is 0 Å². The molecule has 1 amide bonds. The van der Waals surface area contributed by atoms with Crippen molar-refractivity contribution in [2.24, 2.45) is 0 Å². The Morgan fingerprint density at radius 1 is 1.26 bits per heavy atom. The molecule has 0 fully saturated rings. The van der Waals surface area contributed by atoms with E-state index in [9.17, 15) is 9.59 Å². The Morgan fingerprint density at radius 2 is 2.00 bits per heavy atom. The normalized spacial score (nSPS) is 11.1. The molecule has 0 aliphatic rings. The molecular weight excluding hydrogens is 294 g/mol. The molecule has 3 rings (SSSR count). The summed E-state index contributed by atoms with van der Waals surface area (Å²) < 4.78 is 2.90. The minimum atomic E-state index is -0.281. The van der Waals surface area contributed by atoms with Crippen molar-refractivity contribution in [3.8, 4) is 5.69 Å². The highest BCUT2D eigenvalue weighted by Gasteiger charge is 2.13. The van der Waals surface area contributed by atoms with Crippen molar-refractivity contribution in [2.75, 3.05) is 0 Å². The number of amides is 1. The lowest BCUT2D eigenvalue weighted by Gasteiger charge is -2.09. The van der Waals surface area contributed by atoms with Gasteiger partial charge in [-0.05, 0) is 26.0 Å². The number of benzene rings is 1. The number of nitrogens with zero attached hydrogens (tertiary/aromatic N) is 4. The average Bonchev–Trinajstić information content (AvgIpc) is 2.95. The molecule has 0 saturated heterocycles. The van der Waals surface area contributed by atoms with Crippen LogP contribution in [0, 0.1) is 0 Å². The standard InChI is InChI=1S/C16H17N5O2/c1-11(2)19-14(22)9-20-10-17-15-13(16(20)23)8-18-21(15)12-6-4-3-5-7-12/h3-8,10-11H,9H2,1-2H3,(H,19,22). The van der Waals surface area contributed by atoms with Crippen molar-refractivity contribution in [3.63, 3.8) is 0 Å². The van der Waals surface area contributed by atoms with E-state index in [-0.39, 0.29) is 24.1 Å². The van der Waals surface area contributed by atoms with Crippen LogP contribution in [0.5, 0.6) is 0 Å². The quantitative estimate of drug-likeness (QED) is 0.782. The van der Waals surface area contributed by atoms with Gasteiger partial charge in [-0.3, -0.25) is 14.2 Å². The summed E-state index contributed by atoms with van der Waals surface area (Å²) in [6.07, 6.45) is 2.86. The Kier molecular flexibility index (Phi) is 3.92. The molecule has 2 aromatic heterocycles. The molecule has 0 aliphatic carbocycles. The number of hydrogen-bond donors (Lipinski definition) is 1. The molecule has 7 nitrogen and oxygen atoms in total. The maximum Gasteiger partial charge on any atom is 0.264 e. The fraction of sp³-hybridized carbons (Fsp3) is 0.250. The van der Waals surface area contributed by atoms with E-state index in [1.165, 1.54) is 17.1 Å². The lowest BCUT2D eigenvalue weighted by Crippen LogP contribution is -2.36. The number of hydrogen-bond acceptors (Lipinski definition) is 4. The van der Waals surface area contributed by atoms with Crippen LogP contribution in [-0.2, 0) is 11.3 Å². The second-order valence-corrected chi connectivity index (χ2v) is 5.53. The van der Waals surface area contributed by atoms with Gasteiger partial charge in [-0.1, -0.05) is 18.2 Å². The molecule has 23 heavy (non-hydrogen) atoms. The van der Waals surface area contributed by atoms with Crippen molar-refractivity contribution < 1.29 is 4.79 Å². The van der Waals surface area contributed by atoms with Gasteiger partial charge in [0.15, 0.2) is 5.65 Å². The Bertz CT molecular complexity index is 896. The fourth-order valence-electron chi connectivity index (χ4n) is 2.34. The Hall–Kier alpha value is -2.96. The van der Waals surface area contributed by atoms with E-state index in [1.54, 1.807) is 4.68 Å². The van der Waals surface area contributed by atoms with E-state index >= 15 is 0 Å². The lowest BCUT2D eigenvalue weighted by atomic mass is 10.3. The number of aromatic nitrogens is 4. The molecule has 0 atom stereocenters. The number of carbonyl (C=O) groups is 1. The van der Waals surface area contributed by atoms with E-state index in [2.05, 4.69) is 15.4 Å². The van der Waals surface area contributed by atoms with Crippen LogP contribution in [0.1, 0.15) is 13.8 Å². The molecule has 1 aromatic carbocycles. The van der Waals surface area contributed by atoms with E-state index in [0.29, 0.717) is 11.0 Å². The molecule has 0 radical (unpaired) electrons. The zero-order valence-corrected chi connectivity index (χ0v) is 12.9. The maximum absolute atomic E-state index is 12.5. The van der Waals surface area contributed by atoms with E-state index in [0.717, 1.165) is 5.69 Å². The van der Waals surface area contributed by atoms with Gasteiger partial charge in [0, 0.05) is 6.04 Å². The molecule has 0 aliphatic heterocycles. The Balaban J connectivity index is 1.99. The second kappa shape index (κ2) is 6.04. The van der Waals surface area contributed by atoms with Crippen molar-refractivity contribution in [1.29, 1.82) is 0 Å². The molecule has 3 aromatic rings. The predicted octanol–water partition coefficient (Wildman–Crippen LogP) is 1.11. The van der Waals surface area contributed by atoms with Gasteiger partial charge in [0.2, 0.25) is 5.91 Å². The van der Waals surface area contributed by atoms with Crippen LogP contribution < -0.4 is 10.9 Å². The first kappa shape index (κ1) is 15.0. The molecule has 118 valence electrons. The van der Waals surface area contributed by atoms with Gasteiger partial charge in [-0.2, -0.15) is 5.10 Å². The van der Waals surface area contributed by atoms with Crippen LogP contribution in [-0.4, -0.2) is 31.3 Å². The summed E-state index contributed by atoms with van der Waals surface area (Å²) in [5.74, 6) is -0.223. The van der Waals surface area contributed by atoms with Crippen LogP contribution in [0.4, 0.5) is 0 Å². The average molecular weight is 311 g/mol. The lowest BCUT2D eigenvalue weighted by molar-refractivity contribution is -0.122. The van der Waals surface area contributed by atoms with Gasteiger partial charge in [0.05, 0.1) is 11.9 Å². The topological polar surface area (TPSA) is 81.8 Å². The third-order valence-corrected chi connectivity index (χ3v) is 3.32. The third kappa shape index (κ3) is 2.98. The van der Waals surface area contributed by atoms with Gasteiger partial charge in [-0.15, -0.1) is 0 Å². The molecule has 0 bridgehead atoms. The largest absolute Gasteiger partial charge is 0.352 e. The van der Waals surface area contributed by atoms with Crippen molar-refractivity contribution >= 4 is 16.9 Å². The van der Waals surface area contributed by atoms with E-state index in [4.69, 9.17) is 0 Å². The zero-order chi connectivity index (χ0) is 16.4. The first-order chi connectivity index (χ1) is 11.1. The summed E-state index contributed by atoms with van der Waals surface area (Å²) in [4.78, 5) is 28.6. The number of para-hydroxylation sites is 1. The first-order valence-corrected chi connectivity index (χ1v) is 7.34. The van der Waals surface area contributed by atoms with E-state index < -0.39 is 0 Å². The molecule has 0 saturated carbocycles.